The Hall–Kier alpha value is -1.04. The highest BCUT2D eigenvalue weighted by atomic mass is 14.1. The zero-order chi connectivity index (χ0) is 7.68. The van der Waals surface area contributed by atoms with Gasteiger partial charge in [0, 0.05) is 0 Å². The average molecular weight is 144 g/mol. The third kappa shape index (κ3) is 1.09. The molecular weight excluding hydrogens is 132 g/mol. The maximum atomic E-state index is 2.29. The number of allylic oxidation sites excluding steroid dienone is 1. The average Bonchev–Trinajstić information content (AvgIpc) is 2.50. The summed E-state index contributed by atoms with van der Waals surface area (Å²) >= 11 is 0. The third-order valence-electron chi connectivity index (χ3n) is 2.25. The van der Waals surface area contributed by atoms with Crippen molar-refractivity contribution in [1.29, 1.82) is 0 Å². The minimum Gasteiger partial charge on any atom is -0.0795 e. The van der Waals surface area contributed by atoms with E-state index in [9.17, 15) is 0 Å². The van der Waals surface area contributed by atoms with Crippen molar-refractivity contribution in [2.75, 3.05) is 0 Å². The van der Waals surface area contributed by atoms with Crippen LogP contribution in [0.5, 0.6) is 0 Å². The lowest BCUT2D eigenvalue weighted by molar-refractivity contribution is 1.13. The van der Waals surface area contributed by atoms with Gasteiger partial charge in [-0.1, -0.05) is 37.3 Å². The first-order chi connectivity index (χ1) is 5.40. The summed E-state index contributed by atoms with van der Waals surface area (Å²) in [7, 11) is 0. The van der Waals surface area contributed by atoms with Crippen LogP contribution in [0.3, 0.4) is 0 Å². The van der Waals surface area contributed by atoms with E-state index in [1.54, 1.807) is 0 Å². The molecule has 1 aromatic rings. The second kappa shape index (κ2) is 2.54. The van der Waals surface area contributed by atoms with Gasteiger partial charge in [0.1, 0.15) is 0 Å². The minimum atomic E-state index is 1.12. The summed E-state index contributed by atoms with van der Waals surface area (Å²) in [5, 5.41) is 0. The van der Waals surface area contributed by atoms with Crippen molar-refractivity contribution >= 4 is 6.08 Å². The van der Waals surface area contributed by atoms with Crippen molar-refractivity contribution in [3.63, 3.8) is 0 Å². The summed E-state index contributed by atoms with van der Waals surface area (Å²) in [4.78, 5) is 0. The Kier molecular flexibility index (Phi) is 1.54. The molecule has 0 aromatic heterocycles. The van der Waals surface area contributed by atoms with Gasteiger partial charge in [0.2, 0.25) is 0 Å². The lowest BCUT2D eigenvalue weighted by Gasteiger charge is -2.00. The molecule has 0 amide bonds. The van der Waals surface area contributed by atoms with Gasteiger partial charge in [-0.3, -0.25) is 0 Å². The highest BCUT2D eigenvalue weighted by molar-refractivity contribution is 5.60. The molecule has 0 unspecified atom stereocenters. The molecule has 1 aliphatic carbocycles. The van der Waals surface area contributed by atoms with E-state index in [0.29, 0.717) is 0 Å². The Morgan fingerprint density at radius 2 is 2.27 bits per heavy atom. The van der Waals surface area contributed by atoms with Crippen molar-refractivity contribution < 1.29 is 0 Å². The molecular formula is C11H12. The molecule has 11 heavy (non-hydrogen) atoms. The largest absolute Gasteiger partial charge is 0.0795 e. The molecule has 0 heterocycles. The summed E-state index contributed by atoms with van der Waals surface area (Å²) in [5.74, 6) is 0. The summed E-state index contributed by atoms with van der Waals surface area (Å²) in [6.45, 7) is 2.19. The number of fused-ring (bicyclic) bond motifs is 1. The van der Waals surface area contributed by atoms with E-state index in [2.05, 4.69) is 37.3 Å². The molecule has 0 atom stereocenters. The summed E-state index contributed by atoms with van der Waals surface area (Å²) in [6.07, 6.45) is 6.71. The van der Waals surface area contributed by atoms with E-state index >= 15 is 0 Å². The van der Waals surface area contributed by atoms with Crippen LogP contribution in [-0.4, -0.2) is 0 Å². The fraction of sp³-hybridized carbons (Fsp3) is 0.273. The Labute approximate surface area is 67.6 Å². The highest BCUT2D eigenvalue weighted by Crippen LogP contribution is 2.20. The summed E-state index contributed by atoms with van der Waals surface area (Å²) in [5.41, 5.74) is 4.34. The summed E-state index contributed by atoms with van der Waals surface area (Å²) < 4.78 is 0. The maximum absolute atomic E-state index is 2.29. The van der Waals surface area contributed by atoms with Crippen LogP contribution in [0.25, 0.3) is 6.08 Å². The number of aryl methyl sites for hydroxylation is 1. The van der Waals surface area contributed by atoms with Crippen LogP contribution < -0.4 is 0 Å². The highest BCUT2D eigenvalue weighted by Gasteiger charge is 2.03. The van der Waals surface area contributed by atoms with Gasteiger partial charge in [0.25, 0.3) is 0 Å². The van der Waals surface area contributed by atoms with Gasteiger partial charge < -0.3 is 0 Å². The van der Waals surface area contributed by atoms with Gasteiger partial charge in [0.15, 0.2) is 0 Å². The minimum absolute atomic E-state index is 1.12. The van der Waals surface area contributed by atoms with E-state index in [1.807, 2.05) is 0 Å². The van der Waals surface area contributed by atoms with Crippen LogP contribution in [0.2, 0.25) is 0 Å². The Balaban J connectivity index is 2.47. The zero-order valence-corrected chi connectivity index (χ0v) is 6.80. The van der Waals surface area contributed by atoms with Crippen LogP contribution in [0, 0.1) is 0 Å². The maximum Gasteiger partial charge on any atom is -0.00882 e. The topological polar surface area (TPSA) is 0 Å². The van der Waals surface area contributed by atoms with Crippen LogP contribution >= 0.6 is 0 Å². The molecule has 0 radical (unpaired) electrons. The molecule has 0 nitrogen and oxygen atoms in total. The van der Waals surface area contributed by atoms with Gasteiger partial charge in [-0.15, -0.1) is 0 Å². The standard InChI is InChI=1S/C11H12/c1-2-9-6-7-10-4-3-5-11(10)8-9/h3,5-8H,2,4H2,1H3. The molecule has 0 fully saturated rings. The van der Waals surface area contributed by atoms with Gasteiger partial charge in [-0.2, -0.15) is 0 Å². The SMILES string of the molecule is CCc1ccc2c(c1)C=CC2. The van der Waals surface area contributed by atoms with E-state index in [4.69, 9.17) is 0 Å². The molecule has 1 aromatic carbocycles. The molecule has 0 N–H and O–H groups in total. The predicted molar refractivity (Wildman–Crippen MR) is 48.6 cm³/mol. The van der Waals surface area contributed by atoms with E-state index in [-0.39, 0.29) is 0 Å². The normalized spacial score (nSPS) is 13.5. The Morgan fingerprint density at radius 3 is 3.09 bits per heavy atom. The fourth-order valence-electron chi connectivity index (χ4n) is 1.52. The zero-order valence-electron chi connectivity index (χ0n) is 6.80. The molecule has 0 spiro atoms. The van der Waals surface area contributed by atoms with E-state index in [0.717, 1.165) is 12.8 Å². The molecule has 1 aliphatic rings. The van der Waals surface area contributed by atoms with Crippen LogP contribution in [-0.2, 0) is 12.8 Å². The first kappa shape index (κ1) is 6.66. The predicted octanol–water partition coefficient (Wildman–Crippen LogP) is 2.82. The lowest BCUT2D eigenvalue weighted by Crippen LogP contribution is -1.84. The first-order valence-electron chi connectivity index (χ1n) is 4.18. The molecule has 56 valence electrons. The number of benzene rings is 1. The van der Waals surface area contributed by atoms with Crippen LogP contribution in [0.1, 0.15) is 23.6 Å². The van der Waals surface area contributed by atoms with Crippen LogP contribution in [0.15, 0.2) is 24.3 Å². The van der Waals surface area contributed by atoms with Gasteiger partial charge in [-0.25, -0.2) is 0 Å². The number of rotatable bonds is 1. The van der Waals surface area contributed by atoms with E-state index in [1.165, 1.54) is 16.7 Å². The van der Waals surface area contributed by atoms with Crippen molar-refractivity contribution in [3.05, 3.63) is 41.0 Å². The van der Waals surface area contributed by atoms with Crippen LogP contribution in [0.4, 0.5) is 0 Å². The first-order valence-corrected chi connectivity index (χ1v) is 4.18. The summed E-state index contributed by atoms with van der Waals surface area (Å²) in [6, 6.07) is 6.76. The second-order valence-corrected chi connectivity index (χ2v) is 2.99. The van der Waals surface area contributed by atoms with Gasteiger partial charge in [0.05, 0.1) is 0 Å². The smallest absolute Gasteiger partial charge is 0.00882 e. The second-order valence-electron chi connectivity index (χ2n) is 2.99. The van der Waals surface area contributed by atoms with Crippen molar-refractivity contribution in [2.24, 2.45) is 0 Å². The van der Waals surface area contributed by atoms with Gasteiger partial charge in [-0.05, 0) is 29.5 Å². The molecule has 0 aliphatic heterocycles. The van der Waals surface area contributed by atoms with Crippen molar-refractivity contribution in [2.45, 2.75) is 19.8 Å². The number of hydrogen-bond donors (Lipinski definition) is 0. The molecule has 0 saturated carbocycles. The number of hydrogen-bond acceptors (Lipinski definition) is 0. The molecule has 0 bridgehead atoms. The Bertz CT molecular complexity index is 295. The molecule has 0 heteroatoms. The third-order valence-corrected chi connectivity index (χ3v) is 2.25. The molecule has 0 saturated heterocycles. The van der Waals surface area contributed by atoms with Crippen molar-refractivity contribution in [1.82, 2.24) is 0 Å². The van der Waals surface area contributed by atoms with Crippen molar-refractivity contribution in [3.8, 4) is 0 Å². The lowest BCUT2D eigenvalue weighted by atomic mass is 10.1. The van der Waals surface area contributed by atoms with Gasteiger partial charge >= 0.3 is 0 Å². The monoisotopic (exact) mass is 144 g/mol. The van der Waals surface area contributed by atoms with E-state index < -0.39 is 0 Å². The fourth-order valence-corrected chi connectivity index (χ4v) is 1.52. The Morgan fingerprint density at radius 1 is 1.36 bits per heavy atom. The molecule has 2 rings (SSSR count). The quantitative estimate of drug-likeness (QED) is 0.568.